The normalized spacial score (nSPS) is 35.6. The molecule has 4 bridgehead atoms. The Kier molecular flexibility index (Phi) is 2.67. The summed E-state index contributed by atoms with van der Waals surface area (Å²) in [5, 5.41) is 1.38. The van der Waals surface area contributed by atoms with Crippen molar-refractivity contribution >= 4 is 10.9 Å². The van der Waals surface area contributed by atoms with Gasteiger partial charge in [-0.25, -0.2) is 0 Å². The molecule has 5 atom stereocenters. The van der Waals surface area contributed by atoms with Crippen molar-refractivity contribution in [1.29, 1.82) is 0 Å². The third-order valence-corrected chi connectivity index (χ3v) is 6.51. The van der Waals surface area contributed by atoms with Crippen LogP contribution in [0.25, 0.3) is 10.9 Å². The van der Waals surface area contributed by atoms with Gasteiger partial charge in [-0.1, -0.05) is 13.3 Å². The minimum Gasteiger partial charge on any atom is -0.497 e. The number of ether oxygens (including phenoxy) is 1. The quantitative estimate of drug-likeness (QED) is 0.918. The smallest absolute Gasteiger partial charge is 0.119 e. The SMILES string of the molecule is CCC1C[C@@H]2CN3CCc4c([nH]c5ccc(OC)cc45)[C@H]2C13. The second kappa shape index (κ2) is 4.51. The zero-order valence-electron chi connectivity index (χ0n) is 13.4. The van der Waals surface area contributed by atoms with E-state index in [2.05, 4.69) is 35.0 Å². The number of nitrogens with one attached hydrogen (secondary N) is 1. The fourth-order valence-corrected chi connectivity index (χ4v) is 5.62. The third kappa shape index (κ3) is 1.55. The van der Waals surface area contributed by atoms with Gasteiger partial charge in [-0.3, -0.25) is 4.90 Å². The molecule has 22 heavy (non-hydrogen) atoms. The van der Waals surface area contributed by atoms with Gasteiger partial charge in [-0.05, 0) is 48.4 Å². The van der Waals surface area contributed by atoms with E-state index in [1.165, 1.54) is 43.3 Å². The molecule has 1 saturated carbocycles. The van der Waals surface area contributed by atoms with Crippen LogP contribution >= 0.6 is 0 Å². The summed E-state index contributed by atoms with van der Waals surface area (Å²) in [4.78, 5) is 6.58. The molecule has 2 aliphatic heterocycles. The van der Waals surface area contributed by atoms with E-state index in [0.717, 1.165) is 29.5 Å². The van der Waals surface area contributed by atoms with Crippen LogP contribution in [0.3, 0.4) is 0 Å². The molecule has 1 saturated heterocycles. The number of nitrogens with zero attached hydrogens (tertiary/aromatic N) is 1. The average Bonchev–Trinajstić information content (AvgIpc) is 3.15. The minimum atomic E-state index is 0.737. The molecule has 2 fully saturated rings. The summed E-state index contributed by atoms with van der Waals surface area (Å²) in [5.74, 6) is 3.47. The zero-order chi connectivity index (χ0) is 14.8. The van der Waals surface area contributed by atoms with E-state index in [0.29, 0.717) is 0 Å². The fraction of sp³-hybridized carbons (Fsp3) is 0.579. The summed E-state index contributed by atoms with van der Waals surface area (Å²) in [6, 6.07) is 7.27. The van der Waals surface area contributed by atoms with Crippen LogP contribution < -0.4 is 4.74 Å². The number of fused-ring (bicyclic) bond motifs is 3. The molecule has 116 valence electrons. The van der Waals surface area contributed by atoms with Gasteiger partial charge < -0.3 is 9.72 Å². The molecule has 2 aromatic rings. The van der Waals surface area contributed by atoms with E-state index in [-0.39, 0.29) is 0 Å². The molecule has 3 nitrogen and oxygen atoms in total. The molecule has 0 spiro atoms. The van der Waals surface area contributed by atoms with Crippen LogP contribution in [0.4, 0.5) is 0 Å². The number of hydrogen-bond acceptors (Lipinski definition) is 2. The Morgan fingerprint density at radius 2 is 2.27 bits per heavy atom. The van der Waals surface area contributed by atoms with Crippen LogP contribution in [0.1, 0.15) is 36.9 Å². The van der Waals surface area contributed by atoms with Gasteiger partial charge in [-0.2, -0.15) is 0 Å². The molecule has 5 rings (SSSR count). The molecule has 3 aliphatic rings. The predicted octanol–water partition coefficient (Wildman–Crippen LogP) is 3.55. The first kappa shape index (κ1) is 13.0. The molecule has 3 heterocycles. The summed E-state index contributed by atoms with van der Waals surface area (Å²) < 4.78 is 5.44. The Labute approximate surface area is 131 Å². The van der Waals surface area contributed by atoms with Crippen molar-refractivity contribution < 1.29 is 4.74 Å². The molecule has 1 aliphatic carbocycles. The van der Waals surface area contributed by atoms with E-state index in [1.807, 2.05) is 0 Å². The first-order valence-corrected chi connectivity index (χ1v) is 8.72. The predicted molar refractivity (Wildman–Crippen MR) is 88.5 cm³/mol. The standard InChI is InChI=1S/C19H24N2O/c1-3-11-8-12-10-21-7-6-14-15-9-13(22-2)4-5-16(15)20-18(14)17(12)19(11)21/h4-5,9,11-12,17,19-20H,3,6-8,10H2,1-2H3/t11?,12-,17+,19?/m1/s1. The van der Waals surface area contributed by atoms with Gasteiger partial charge in [0.25, 0.3) is 0 Å². The summed E-state index contributed by atoms with van der Waals surface area (Å²) >= 11 is 0. The van der Waals surface area contributed by atoms with E-state index in [9.17, 15) is 0 Å². The van der Waals surface area contributed by atoms with Crippen LogP contribution in [0.2, 0.25) is 0 Å². The van der Waals surface area contributed by atoms with Gasteiger partial charge in [0.1, 0.15) is 5.75 Å². The second-order valence-corrected chi connectivity index (χ2v) is 7.35. The van der Waals surface area contributed by atoms with Gasteiger partial charge in [0.15, 0.2) is 0 Å². The van der Waals surface area contributed by atoms with E-state index in [4.69, 9.17) is 4.74 Å². The lowest BCUT2D eigenvalue weighted by Gasteiger charge is -2.32. The lowest BCUT2D eigenvalue weighted by Crippen LogP contribution is -2.39. The third-order valence-electron chi connectivity index (χ3n) is 6.51. The van der Waals surface area contributed by atoms with E-state index < -0.39 is 0 Å². The Hall–Kier alpha value is -1.48. The highest BCUT2D eigenvalue weighted by Gasteiger charge is 2.54. The Bertz CT molecular complexity index is 734. The molecular formula is C19H24N2O. The first-order chi connectivity index (χ1) is 10.8. The maximum absolute atomic E-state index is 5.44. The second-order valence-electron chi connectivity index (χ2n) is 7.35. The Morgan fingerprint density at radius 3 is 3.09 bits per heavy atom. The van der Waals surface area contributed by atoms with Crippen LogP contribution in [0.5, 0.6) is 5.75 Å². The number of aromatic amines is 1. The summed E-state index contributed by atoms with van der Waals surface area (Å²) in [7, 11) is 1.76. The summed E-state index contributed by atoms with van der Waals surface area (Å²) in [6.07, 6.45) is 3.94. The van der Waals surface area contributed by atoms with Crippen LogP contribution in [-0.4, -0.2) is 36.1 Å². The van der Waals surface area contributed by atoms with Crippen molar-refractivity contribution in [2.45, 2.75) is 38.1 Å². The van der Waals surface area contributed by atoms with Crippen molar-refractivity contribution in [1.82, 2.24) is 9.88 Å². The van der Waals surface area contributed by atoms with Crippen molar-refractivity contribution in [2.24, 2.45) is 11.8 Å². The number of hydrogen-bond donors (Lipinski definition) is 1. The first-order valence-electron chi connectivity index (χ1n) is 8.72. The highest BCUT2D eigenvalue weighted by atomic mass is 16.5. The summed E-state index contributed by atoms with van der Waals surface area (Å²) in [5.41, 5.74) is 4.40. The number of methoxy groups -OCH3 is 1. The molecule has 1 N–H and O–H groups in total. The number of aromatic nitrogens is 1. The number of piperidine rings is 1. The fourth-order valence-electron chi connectivity index (χ4n) is 5.62. The molecule has 3 heteroatoms. The van der Waals surface area contributed by atoms with Crippen molar-refractivity contribution in [3.8, 4) is 5.75 Å². The zero-order valence-corrected chi connectivity index (χ0v) is 13.4. The number of rotatable bonds is 2. The maximum Gasteiger partial charge on any atom is 0.119 e. The van der Waals surface area contributed by atoms with E-state index >= 15 is 0 Å². The van der Waals surface area contributed by atoms with Gasteiger partial charge >= 0.3 is 0 Å². The monoisotopic (exact) mass is 296 g/mol. The molecule has 0 amide bonds. The van der Waals surface area contributed by atoms with Crippen molar-refractivity contribution in [2.75, 3.05) is 20.2 Å². The molecule has 1 aromatic heterocycles. The largest absolute Gasteiger partial charge is 0.497 e. The van der Waals surface area contributed by atoms with Gasteiger partial charge in [0, 0.05) is 41.6 Å². The van der Waals surface area contributed by atoms with Crippen molar-refractivity contribution in [3.05, 3.63) is 29.5 Å². The van der Waals surface area contributed by atoms with E-state index in [1.54, 1.807) is 18.4 Å². The van der Waals surface area contributed by atoms with Crippen LogP contribution in [0, 0.1) is 11.8 Å². The molecule has 0 radical (unpaired) electrons. The highest BCUT2D eigenvalue weighted by Crippen LogP contribution is 2.55. The van der Waals surface area contributed by atoms with Crippen LogP contribution in [0.15, 0.2) is 18.2 Å². The lowest BCUT2D eigenvalue weighted by molar-refractivity contribution is 0.156. The molecule has 3 unspecified atom stereocenters. The Morgan fingerprint density at radius 1 is 1.36 bits per heavy atom. The lowest BCUT2D eigenvalue weighted by atomic mass is 9.91. The topological polar surface area (TPSA) is 28.3 Å². The highest BCUT2D eigenvalue weighted by molar-refractivity contribution is 5.86. The maximum atomic E-state index is 5.44. The molecule has 1 aromatic carbocycles. The number of benzene rings is 1. The van der Waals surface area contributed by atoms with Gasteiger partial charge in [-0.15, -0.1) is 0 Å². The van der Waals surface area contributed by atoms with Crippen LogP contribution in [-0.2, 0) is 6.42 Å². The molecular weight excluding hydrogens is 272 g/mol. The minimum absolute atomic E-state index is 0.737. The number of H-pyrrole nitrogens is 1. The van der Waals surface area contributed by atoms with Gasteiger partial charge in [0.05, 0.1) is 7.11 Å². The Balaban J connectivity index is 1.69. The van der Waals surface area contributed by atoms with Crippen molar-refractivity contribution in [3.63, 3.8) is 0 Å². The summed E-state index contributed by atoms with van der Waals surface area (Å²) in [6.45, 7) is 4.92. The average molecular weight is 296 g/mol. The van der Waals surface area contributed by atoms with Gasteiger partial charge in [0.2, 0.25) is 0 Å².